The maximum Gasteiger partial charge on any atom is 0.187 e. The van der Waals surface area contributed by atoms with Gasteiger partial charge in [-0.25, -0.2) is 0 Å². The molecule has 1 N–H and O–H groups in total. The zero-order valence-corrected chi connectivity index (χ0v) is 11.8. The predicted octanol–water partition coefficient (Wildman–Crippen LogP) is 4.62. The van der Waals surface area contributed by atoms with Crippen molar-refractivity contribution in [2.75, 3.05) is 5.32 Å². The highest BCUT2D eigenvalue weighted by Gasteiger charge is 2.03. The molecule has 2 nitrogen and oxygen atoms in total. The molecule has 2 rings (SSSR count). The minimum absolute atomic E-state index is 0.00346. The number of carbonyl (C=O) groups is 1. The molecule has 0 atom stereocenters. The van der Waals surface area contributed by atoms with Crippen LogP contribution in [0.3, 0.4) is 0 Å². The summed E-state index contributed by atoms with van der Waals surface area (Å²) < 4.78 is 0. The highest BCUT2D eigenvalue weighted by Crippen LogP contribution is 2.15. The summed E-state index contributed by atoms with van der Waals surface area (Å²) in [5, 5.41) is 3.07. The summed E-state index contributed by atoms with van der Waals surface area (Å²) in [6.07, 6.45) is 3.23. The lowest BCUT2D eigenvalue weighted by molar-refractivity contribution is 0.104. The Labute approximate surface area is 120 Å². The van der Waals surface area contributed by atoms with Crippen molar-refractivity contribution >= 4 is 11.5 Å². The second kappa shape index (κ2) is 6.71. The molecule has 2 heteroatoms. The van der Waals surface area contributed by atoms with Crippen molar-refractivity contribution in [2.45, 2.75) is 19.8 Å². The van der Waals surface area contributed by atoms with Gasteiger partial charge in [0, 0.05) is 23.5 Å². The van der Waals surface area contributed by atoms with Gasteiger partial charge in [-0.05, 0) is 23.6 Å². The van der Waals surface area contributed by atoms with Gasteiger partial charge in [-0.2, -0.15) is 0 Å². The van der Waals surface area contributed by atoms with Crippen LogP contribution in [-0.2, 0) is 0 Å². The summed E-state index contributed by atoms with van der Waals surface area (Å²) >= 11 is 0. The van der Waals surface area contributed by atoms with Crippen molar-refractivity contribution in [3.8, 4) is 0 Å². The van der Waals surface area contributed by atoms with E-state index in [1.165, 1.54) is 5.56 Å². The molecule has 102 valence electrons. The van der Waals surface area contributed by atoms with Crippen molar-refractivity contribution < 1.29 is 4.79 Å². The maximum absolute atomic E-state index is 12.0. The first kappa shape index (κ1) is 14.1. The van der Waals surface area contributed by atoms with Gasteiger partial charge < -0.3 is 5.32 Å². The first-order valence-electron chi connectivity index (χ1n) is 6.79. The van der Waals surface area contributed by atoms with Crippen LogP contribution in [0.5, 0.6) is 0 Å². The number of allylic oxidation sites excluding steroid dienone is 1. The number of para-hydroxylation sites is 1. The fraction of sp³-hybridized carbons (Fsp3) is 0.167. The maximum atomic E-state index is 12.0. The lowest BCUT2D eigenvalue weighted by Gasteiger charge is -2.05. The molecule has 0 heterocycles. The Morgan fingerprint density at radius 3 is 2.25 bits per heavy atom. The van der Waals surface area contributed by atoms with Gasteiger partial charge in [-0.3, -0.25) is 4.79 Å². The van der Waals surface area contributed by atoms with Gasteiger partial charge in [0.25, 0.3) is 0 Å². The van der Waals surface area contributed by atoms with E-state index in [0.29, 0.717) is 11.5 Å². The Morgan fingerprint density at radius 2 is 1.65 bits per heavy atom. The van der Waals surface area contributed by atoms with Crippen molar-refractivity contribution in [2.24, 2.45) is 0 Å². The van der Waals surface area contributed by atoms with Crippen LogP contribution in [0.25, 0.3) is 0 Å². The molecule has 0 saturated carbocycles. The fourth-order valence-corrected chi connectivity index (χ4v) is 1.88. The molecule has 0 fully saturated rings. The molecule has 0 aliphatic rings. The van der Waals surface area contributed by atoms with Crippen LogP contribution in [-0.4, -0.2) is 5.78 Å². The van der Waals surface area contributed by atoms with E-state index in [0.717, 1.165) is 5.69 Å². The molecule has 0 saturated heterocycles. The Morgan fingerprint density at radius 1 is 1.00 bits per heavy atom. The average Bonchev–Trinajstić information content (AvgIpc) is 2.48. The fourth-order valence-electron chi connectivity index (χ4n) is 1.88. The van der Waals surface area contributed by atoms with Crippen LogP contribution in [0.15, 0.2) is 66.9 Å². The Balaban J connectivity index is 1.97. The molecule has 0 aromatic heterocycles. The smallest absolute Gasteiger partial charge is 0.187 e. The minimum atomic E-state index is 0.00346. The third-order valence-corrected chi connectivity index (χ3v) is 3.12. The normalized spacial score (nSPS) is 10.9. The predicted molar refractivity (Wildman–Crippen MR) is 84.1 cm³/mol. The number of hydrogen-bond acceptors (Lipinski definition) is 2. The number of nitrogens with one attached hydrogen (secondary N) is 1. The topological polar surface area (TPSA) is 29.1 Å². The van der Waals surface area contributed by atoms with E-state index in [1.54, 1.807) is 12.3 Å². The summed E-state index contributed by atoms with van der Waals surface area (Å²) in [6.45, 7) is 4.28. The number of rotatable bonds is 5. The molecule has 2 aromatic carbocycles. The van der Waals surface area contributed by atoms with Crippen LogP contribution < -0.4 is 5.32 Å². The number of ketones is 1. The highest BCUT2D eigenvalue weighted by atomic mass is 16.1. The largest absolute Gasteiger partial charge is 0.362 e. The number of anilines is 1. The molecule has 0 radical (unpaired) electrons. The van der Waals surface area contributed by atoms with E-state index in [9.17, 15) is 4.79 Å². The Hall–Kier alpha value is -2.35. The molecular formula is C18H19NO. The van der Waals surface area contributed by atoms with Gasteiger partial charge in [-0.15, -0.1) is 0 Å². The molecule has 0 amide bonds. The summed E-state index contributed by atoms with van der Waals surface area (Å²) in [6, 6.07) is 17.5. The van der Waals surface area contributed by atoms with Crippen molar-refractivity contribution in [1.82, 2.24) is 0 Å². The molecular weight excluding hydrogens is 246 g/mol. The van der Waals surface area contributed by atoms with E-state index in [1.807, 2.05) is 54.6 Å². The minimum Gasteiger partial charge on any atom is -0.362 e. The van der Waals surface area contributed by atoms with Crippen molar-refractivity contribution in [3.05, 3.63) is 78.0 Å². The standard InChI is InChI=1S/C18H19NO/c1-14(2)15-8-10-16(11-9-15)18(20)12-13-19-17-6-4-3-5-7-17/h3-14,19H,1-2H3/b13-12+. The van der Waals surface area contributed by atoms with Crippen LogP contribution in [0.1, 0.15) is 35.7 Å². The first-order valence-corrected chi connectivity index (χ1v) is 6.79. The molecule has 20 heavy (non-hydrogen) atoms. The first-order chi connectivity index (χ1) is 9.66. The molecule has 0 unspecified atom stereocenters. The van der Waals surface area contributed by atoms with Crippen LogP contribution >= 0.6 is 0 Å². The molecule has 0 aliphatic heterocycles. The average molecular weight is 265 g/mol. The molecule has 0 spiro atoms. The second-order valence-electron chi connectivity index (χ2n) is 4.98. The SMILES string of the molecule is CC(C)c1ccc(C(=O)/C=C/Nc2ccccc2)cc1. The molecule has 2 aromatic rings. The van der Waals surface area contributed by atoms with Crippen LogP contribution in [0, 0.1) is 0 Å². The van der Waals surface area contributed by atoms with Crippen LogP contribution in [0.4, 0.5) is 5.69 Å². The van der Waals surface area contributed by atoms with Crippen molar-refractivity contribution in [3.63, 3.8) is 0 Å². The zero-order chi connectivity index (χ0) is 14.4. The summed E-state index contributed by atoms with van der Waals surface area (Å²) in [5.41, 5.74) is 2.92. The summed E-state index contributed by atoms with van der Waals surface area (Å²) in [5.74, 6) is 0.484. The highest BCUT2D eigenvalue weighted by molar-refractivity contribution is 6.04. The zero-order valence-electron chi connectivity index (χ0n) is 11.8. The lowest BCUT2D eigenvalue weighted by Crippen LogP contribution is -1.97. The van der Waals surface area contributed by atoms with Gasteiger partial charge in [0.05, 0.1) is 0 Å². The van der Waals surface area contributed by atoms with E-state index in [2.05, 4.69) is 19.2 Å². The number of carbonyl (C=O) groups excluding carboxylic acids is 1. The Bertz CT molecular complexity index is 583. The van der Waals surface area contributed by atoms with Gasteiger partial charge in [0.15, 0.2) is 5.78 Å². The van der Waals surface area contributed by atoms with E-state index >= 15 is 0 Å². The van der Waals surface area contributed by atoms with Gasteiger partial charge in [0.2, 0.25) is 0 Å². The van der Waals surface area contributed by atoms with Crippen molar-refractivity contribution in [1.29, 1.82) is 0 Å². The van der Waals surface area contributed by atoms with E-state index < -0.39 is 0 Å². The molecule has 0 bridgehead atoms. The van der Waals surface area contributed by atoms with E-state index in [4.69, 9.17) is 0 Å². The van der Waals surface area contributed by atoms with Gasteiger partial charge in [-0.1, -0.05) is 56.3 Å². The third kappa shape index (κ3) is 3.82. The molecule has 0 aliphatic carbocycles. The Kier molecular flexibility index (Phi) is 4.72. The summed E-state index contributed by atoms with van der Waals surface area (Å²) in [7, 11) is 0. The van der Waals surface area contributed by atoms with Gasteiger partial charge in [0.1, 0.15) is 0 Å². The van der Waals surface area contributed by atoms with E-state index in [-0.39, 0.29) is 5.78 Å². The summed E-state index contributed by atoms with van der Waals surface area (Å²) in [4.78, 5) is 12.0. The number of benzene rings is 2. The quantitative estimate of drug-likeness (QED) is 0.631. The lowest BCUT2D eigenvalue weighted by atomic mass is 10.0. The van der Waals surface area contributed by atoms with Gasteiger partial charge >= 0.3 is 0 Å². The second-order valence-corrected chi connectivity index (χ2v) is 4.98. The number of hydrogen-bond donors (Lipinski definition) is 1. The monoisotopic (exact) mass is 265 g/mol. The third-order valence-electron chi connectivity index (χ3n) is 3.12. The van der Waals surface area contributed by atoms with Crippen LogP contribution in [0.2, 0.25) is 0 Å².